The standard InChI is InChI=1S/C7H4BrF2NO3/c8-4-2(7(13)14)1-3(12)11-5(4)6(9)10/h1,6H,(H,11,12)(H,13,14). The van der Waals surface area contributed by atoms with Gasteiger partial charge in [-0.2, -0.15) is 0 Å². The second-order valence-corrected chi connectivity index (χ2v) is 3.17. The third-order valence-corrected chi connectivity index (χ3v) is 2.31. The number of pyridine rings is 1. The molecule has 0 spiro atoms. The molecule has 2 N–H and O–H groups in total. The molecule has 0 amide bonds. The van der Waals surface area contributed by atoms with Gasteiger partial charge in [-0.3, -0.25) is 4.79 Å². The lowest BCUT2D eigenvalue weighted by Gasteiger charge is -2.04. The summed E-state index contributed by atoms with van der Waals surface area (Å²) in [6.07, 6.45) is -2.93. The molecule has 0 atom stereocenters. The Hall–Kier alpha value is -1.24. The van der Waals surface area contributed by atoms with Crippen LogP contribution in [0.2, 0.25) is 0 Å². The van der Waals surface area contributed by atoms with Crippen molar-refractivity contribution in [2.75, 3.05) is 0 Å². The number of hydrogen-bond donors (Lipinski definition) is 2. The number of aromatic nitrogens is 1. The van der Waals surface area contributed by atoms with E-state index in [1.54, 1.807) is 0 Å². The highest BCUT2D eigenvalue weighted by atomic mass is 79.9. The first kappa shape index (κ1) is 10.8. The van der Waals surface area contributed by atoms with Crippen molar-refractivity contribution >= 4 is 21.9 Å². The van der Waals surface area contributed by atoms with Crippen molar-refractivity contribution < 1.29 is 18.7 Å². The number of carboxylic acids is 1. The molecule has 4 nitrogen and oxygen atoms in total. The van der Waals surface area contributed by atoms with Crippen LogP contribution in [0.1, 0.15) is 22.5 Å². The predicted molar refractivity (Wildman–Crippen MR) is 46.7 cm³/mol. The molecule has 0 saturated heterocycles. The smallest absolute Gasteiger partial charge is 0.337 e. The van der Waals surface area contributed by atoms with Crippen LogP contribution >= 0.6 is 15.9 Å². The van der Waals surface area contributed by atoms with Crippen LogP contribution in [0.15, 0.2) is 15.3 Å². The minimum atomic E-state index is -2.93. The molecule has 0 aromatic carbocycles. The average Bonchev–Trinajstić information content (AvgIpc) is 2.07. The number of H-pyrrole nitrogens is 1. The zero-order valence-electron chi connectivity index (χ0n) is 6.55. The SMILES string of the molecule is O=C(O)c1cc(=O)[nH]c(C(F)F)c1Br. The molecule has 1 aromatic heterocycles. The van der Waals surface area contributed by atoms with Crippen molar-refractivity contribution in [3.05, 3.63) is 32.2 Å². The maximum absolute atomic E-state index is 12.3. The highest BCUT2D eigenvalue weighted by molar-refractivity contribution is 9.10. The van der Waals surface area contributed by atoms with E-state index in [0.717, 1.165) is 6.07 Å². The minimum absolute atomic E-state index is 0.306. The van der Waals surface area contributed by atoms with E-state index in [1.165, 1.54) is 0 Å². The topological polar surface area (TPSA) is 70.2 Å². The van der Waals surface area contributed by atoms with Crippen molar-refractivity contribution in [2.45, 2.75) is 6.43 Å². The number of alkyl halides is 2. The molecule has 0 fully saturated rings. The molecule has 0 aliphatic carbocycles. The zero-order chi connectivity index (χ0) is 10.9. The van der Waals surface area contributed by atoms with Gasteiger partial charge in [0, 0.05) is 6.07 Å². The summed E-state index contributed by atoms with van der Waals surface area (Å²) in [5.41, 5.74) is -2.08. The first-order valence-electron chi connectivity index (χ1n) is 3.37. The second kappa shape index (κ2) is 3.87. The molecule has 76 valence electrons. The molecule has 1 heterocycles. The second-order valence-electron chi connectivity index (χ2n) is 2.38. The summed E-state index contributed by atoms with van der Waals surface area (Å²) in [5.74, 6) is -1.44. The van der Waals surface area contributed by atoms with Gasteiger partial charge in [0.05, 0.1) is 15.7 Å². The summed E-state index contributed by atoms with van der Waals surface area (Å²) in [6.45, 7) is 0. The van der Waals surface area contributed by atoms with E-state index in [-0.39, 0.29) is 4.47 Å². The molecule has 7 heteroatoms. The Morgan fingerprint density at radius 1 is 1.57 bits per heavy atom. The van der Waals surface area contributed by atoms with Gasteiger partial charge >= 0.3 is 5.97 Å². The molecule has 14 heavy (non-hydrogen) atoms. The van der Waals surface area contributed by atoms with Crippen LogP contribution in [0.5, 0.6) is 0 Å². The van der Waals surface area contributed by atoms with Gasteiger partial charge in [0.1, 0.15) is 0 Å². The van der Waals surface area contributed by atoms with Crippen molar-refractivity contribution in [3.8, 4) is 0 Å². The van der Waals surface area contributed by atoms with E-state index < -0.39 is 29.2 Å². The Morgan fingerprint density at radius 3 is 2.57 bits per heavy atom. The summed E-state index contributed by atoms with van der Waals surface area (Å²) in [5, 5.41) is 8.57. The van der Waals surface area contributed by atoms with Gasteiger partial charge in [-0.1, -0.05) is 0 Å². The molecule has 0 bridgehead atoms. The quantitative estimate of drug-likeness (QED) is 0.858. The molecule has 0 radical (unpaired) electrons. The van der Waals surface area contributed by atoms with Gasteiger partial charge in [0.2, 0.25) is 5.56 Å². The maximum atomic E-state index is 12.3. The Balaban J connectivity index is 3.48. The van der Waals surface area contributed by atoms with Crippen LogP contribution in [-0.4, -0.2) is 16.1 Å². The fourth-order valence-corrected chi connectivity index (χ4v) is 1.43. The van der Waals surface area contributed by atoms with E-state index in [1.807, 2.05) is 4.98 Å². The van der Waals surface area contributed by atoms with E-state index in [9.17, 15) is 18.4 Å². The van der Waals surface area contributed by atoms with Crippen LogP contribution in [0.3, 0.4) is 0 Å². The Kier molecular flexibility index (Phi) is 3.00. The largest absolute Gasteiger partial charge is 0.478 e. The van der Waals surface area contributed by atoms with Crippen LogP contribution in [0.25, 0.3) is 0 Å². The molecule has 1 aromatic rings. The van der Waals surface area contributed by atoms with Crippen molar-refractivity contribution in [1.82, 2.24) is 4.98 Å². The molecule has 0 aliphatic rings. The number of aromatic carboxylic acids is 1. The predicted octanol–water partition coefficient (Wildman–Crippen LogP) is 1.77. The first-order valence-corrected chi connectivity index (χ1v) is 4.17. The van der Waals surface area contributed by atoms with Gasteiger partial charge in [-0.15, -0.1) is 0 Å². The minimum Gasteiger partial charge on any atom is -0.478 e. The zero-order valence-corrected chi connectivity index (χ0v) is 8.14. The van der Waals surface area contributed by atoms with Crippen molar-refractivity contribution in [1.29, 1.82) is 0 Å². The van der Waals surface area contributed by atoms with Crippen molar-refractivity contribution in [2.24, 2.45) is 0 Å². The molecular formula is C7H4BrF2NO3. The number of carboxylic acid groups (broad SMARTS) is 1. The summed E-state index contributed by atoms with van der Waals surface area (Å²) in [7, 11) is 0. The van der Waals surface area contributed by atoms with E-state index in [0.29, 0.717) is 0 Å². The van der Waals surface area contributed by atoms with Gasteiger partial charge in [-0.25, -0.2) is 13.6 Å². The van der Waals surface area contributed by atoms with E-state index in [2.05, 4.69) is 15.9 Å². The molecule has 0 unspecified atom stereocenters. The average molecular weight is 268 g/mol. The fraction of sp³-hybridized carbons (Fsp3) is 0.143. The summed E-state index contributed by atoms with van der Waals surface area (Å²) < 4.78 is 24.2. The Bertz CT molecular complexity index is 429. The van der Waals surface area contributed by atoms with E-state index >= 15 is 0 Å². The Morgan fingerprint density at radius 2 is 2.14 bits per heavy atom. The lowest BCUT2D eigenvalue weighted by atomic mass is 10.2. The van der Waals surface area contributed by atoms with Gasteiger partial charge in [0.25, 0.3) is 6.43 Å². The number of aromatic amines is 1. The summed E-state index contributed by atoms with van der Waals surface area (Å²) in [4.78, 5) is 23.2. The van der Waals surface area contributed by atoms with Gasteiger partial charge < -0.3 is 10.1 Å². The van der Waals surface area contributed by atoms with Crippen LogP contribution in [0, 0.1) is 0 Å². The first-order chi connectivity index (χ1) is 6.43. The third kappa shape index (κ3) is 1.98. The van der Waals surface area contributed by atoms with Crippen LogP contribution < -0.4 is 5.56 Å². The molecule has 0 aliphatic heterocycles. The normalized spacial score (nSPS) is 10.6. The van der Waals surface area contributed by atoms with Gasteiger partial charge in [0.15, 0.2) is 0 Å². The fourth-order valence-electron chi connectivity index (χ4n) is 0.869. The number of nitrogens with one attached hydrogen (secondary N) is 1. The summed E-state index contributed by atoms with van der Waals surface area (Å²) >= 11 is 2.69. The highest BCUT2D eigenvalue weighted by Crippen LogP contribution is 2.26. The summed E-state index contributed by atoms with van der Waals surface area (Å²) in [6, 6.07) is 0.734. The lowest BCUT2D eigenvalue weighted by molar-refractivity contribution is 0.0694. The number of carbonyl (C=O) groups is 1. The Labute approximate surface area is 84.7 Å². The highest BCUT2D eigenvalue weighted by Gasteiger charge is 2.19. The van der Waals surface area contributed by atoms with E-state index in [4.69, 9.17) is 5.11 Å². The van der Waals surface area contributed by atoms with Crippen molar-refractivity contribution in [3.63, 3.8) is 0 Å². The monoisotopic (exact) mass is 267 g/mol. The molecular weight excluding hydrogens is 264 g/mol. The van der Waals surface area contributed by atoms with Gasteiger partial charge in [-0.05, 0) is 15.9 Å². The lowest BCUT2D eigenvalue weighted by Crippen LogP contribution is -2.14. The molecule has 1 rings (SSSR count). The van der Waals surface area contributed by atoms with Crippen LogP contribution in [0.4, 0.5) is 8.78 Å². The number of rotatable bonds is 2. The molecule has 0 saturated carbocycles. The third-order valence-electron chi connectivity index (χ3n) is 1.45. The van der Waals surface area contributed by atoms with Crippen LogP contribution in [-0.2, 0) is 0 Å². The number of hydrogen-bond acceptors (Lipinski definition) is 2. The number of halogens is 3. The maximum Gasteiger partial charge on any atom is 0.337 e.